The summed E-state index contributed by atoms with van der Waals surface area (Å²) in [6, 6.07) is 0.0958. The fraction of sp³-hybridized carbons (Fsp3) is 0.500. The average Bonchev–Trinajstić information content (AvgIpc) is 2.16. The molecule has 86 valence electrons. The van der Waals surface area contributed by atoms with Gasteiger partial charge in [0.25, 0.3) is 0 Å². The molecule has 6 heteroatoms. The van der Waals surface area contributed by atoms with Gasteiger partial charge in [0.1, 0.15) is 0 Å². The topological polar surface area (TPSA) is 53.9 Å². The minimum Gasteiger partial charge on any atom is -0.351 e. The molecule has 0 bridgehead atoms. The number of halogens is 1. The molecule has 1 aromatic heterocycles. The number of rotatable bonds is 4. The Morgan fingerprint density at radius 3 is 2.69 bits per heavy atom. The first-order valence-corrected chi connectivity index (χ1v) is 5.19. The van der Waals surface area contributed by atoms with Crippen molar-refractivity contribution in [2.24, 2.45) is 0 Å². The van der Waals surface area contributed by atoms with Gasteiger partial charge in [-0.3, -0.25) is 0 Å². The van der Waals surface area contributed by atoms with E-state index >= 15 is 0 Å². The summed E-state index contributed by atoms with van der Waals surface area (Å²) in [5.74, 6) is 3.51. The van der Waals surface area contributed by atoms with Crippen molar-refractivity contribution in [2.45, 2.75) is 19.4 Å². The molecular weight excluding hydrogens is 226 g/mol. The highest BCUT2D eigenvalue weighted by Gasteiger charge is 2.08. The van der Waals surface area contributed by atoms with Crippen LogP contribution in [0.15, 0.2) is 0 Å². The van der Waals surface area contributed by atoms with E-state index in [0.29, 0.717) is 18.3 Å². The molecule has 0 fully saturated rings. The third-order valence-corrected chi connectivity index (χ3v) is 1.96. The van der Waals surface area contributed by atoms with E-state index in [2.05, 4.69) is 26.2 Å². The van der Waals surface area contributed by atoms with Crippen LogP contribution in [0.25, 0.3) is 0 Å². The number of nitrogens with zero attached hydrogens (tertiary/aromatic N) is 4. The van der Waals surface area contributed by atoms with Crippen molar-refractivity contribution >= 4 is 23.5 Å². The van der Waals surface area contributed by atoms with Gasteiger partial charge in [-0.15, -0.1) is 12.3 Å². The van der Waals surface area contributed by atoms with Crippen LogP contribution in [0, 0.1) is 12.3 Å². The number of terminal acetylenes is 1. The zero-order valence-corrected chi connectivity index (χ0v) is 10.3. The minimum atomic E-state index is 0.0958. The molecule has 1 heterocycles. The molecule has 0 aliphatic heterocycles. The lowest BCUT2D eigenvalue weighted by atomic mass is 10.2. The molecule has 0 radical (unpaired) electrons. The van der Waals surface area contributed by atoms with E-state index in [4.69, 9.17) is 18.0 Å². The Kier molecular flexibility index (Phi) is 4.32. The van der Waals surface area contributed by atoms with Crippen LogP contribution >= 0.6 is 11.6 Å². The molecule has 5 nitrogen and oxygen atoms in total. The first kappa shape index (κ1) is 12.5. The normalized spacial score (nSPS) is 11.7. The molecule has 1 unspecified atom stereocenters. The lowest BCUT2D eigenvalue weighted by Crippen LogP contribution is -2.19. The Balaban J connectivity index is 2.85. The van der Waals surface area contributed by atoms with Crippen molar-refractivity contribution in [3.63, 3.8) is 0 Å². The van der Waals surface area contributed by atoms with Gasteiger partial charge in [0.05, 0.1) is 0 Å². The van der Waals surface area contributed by atoms with Gasteiger partial charge in [0, 0.05) is 26.6 Å². The molecule has 0 amide bonds. The molecule has 0 saturated carbocycles. The fourth-order valence-corrected chi connectivity index (χ4v) is 1.21. The summed E-state index contributed by atoms with van der Waals surface area (Å²) in [4.78, 5) is 13.9. The van der Waals surface area contributed by atoms with Crippen molar-refractivity contribution in [2.75, 3.05) is 24.3 Å². The van der Waals surface area contributed by atoms with Gasteiger partial charge in [-0.25, -0.2) is 0 Å². The number of anilines is 2. The molecule has 16 heavy (non-hydrogen) atoms. The summed E-state index contributed by atoms with van der Waals surface area (Å²) >= 11 is 5.79. The number of hydrogen-bond acceptors (Lipinski definition) is 5. The zero-order valence-electron chi connectivity index (χ0n) is 9.53. The van der Waals surface area contributed by atoms with Gasteiger partial charge in [-0.1, -0.05) is 0 Å². The molecular formula is C10H14ClN5. The lowest BCUT2D eigenvalue weighted by Gasteiger charge is -2.14. The monoisotopic (exact) mass is 239 g/mol. The predicted molar refractivity (Wildman–Crippen MR) is 65.7 cm³/mol. The van der Waals surface area contributed by atoms with Crippen molar-refractivity contribution in [3.05, 3.63) is 5.28 Å². The third-order valence-electron chi connectivity index (χ3n) is 1.80. The van der Waals surface area contributed by atoms with Crippen molar-refractivity contribution in [1.82, 2.24) is 15.0 Å². The van der Waals surface area contributed by atoms with Crippen molar-refractivity contribution < 1.29 is 0 Å². The van der Waals surface area contributed by atoms with Crippen LogP contribution in [0.1, 0.15) is 13.3 Å². The van der Waals surface area contributed by atoms with E-state index in [1.165, 1.54) is 0 Å². The molecule has 0 aliphatic carbocycles. The molecule has 1 aromatic rings. The maximum atomic E-state index is 5.79. The molecule has 0 aliphatic rings. The molecule has 1 atom stereocenters. The second kappa shape index (κ2) is 5.52. The summed E-state index contributed by atoms with van der Waals surface area (Å²) < 4.78 is 0. The first-order chi connectivity index (χ1) is 7.52. The minimum absolute atomic E-state index is 0.0958. The summed E-state index contributed by atoms with van der Waals surface area (Å²) in [7, 11) is 3.67. The quantitative estimate of drug-likeness (QED) is 0.806. The van der Waals surface area contributed by atoms with Gasteiger partial charge < -0.3 is 10.2 Å². The van der Waals surface area contributed by atoms with Crippen LogP contribution in [-0.2, 0) is 0 Å². The van der Waals surface area contributed by atoms with Crippen LogP contribution < -0.4 is 10.2 Å². The summed E-state index contributed by atoms with van der Waals surface area (Å²) in [5, 5.41) is 3.22. The smallest absolute Gasteiger partial charge is 0.230 e. The second-order valence-corrected chi connectivity index (χ2v) is 3.91. The van der Waals surface area contributed by atoms with Crippen LogP contribution in [-0.4, -0.2) is 35.1 Å². The Hall–Kier alpha value is -1.54. The Morgan fingerprint density at radius 2 is 2.12 bits per heavy atom. The molecule has 0 spiro atoms. The Bertz CT molecular complexity index is 399. The Morgan fingerprint density at radius 1 is 1.44 bits per heavy atom. The lowest BCUT2D eigenvalue weighted by molar-refractivity contribution is 0.805. The van der Waals surface area contributed by atoms with Crippen LogP contribution in [0.2, 0.25) is 5.28 Å². The third kappa shape index (κ3) is 3.55. The standard InChI is InChI=1S/C10H14ClN5/c1-5-6-7(2)12-9-13-8(11)14-10(15-9)16(3)4/h1,7H,6H2,2-4H3,(H,12,13,14,15). The average molecular weight is 240 g/mol. The second-order valence-electron chi connectivity index (χ2n) is 3.58. The van der Waals surface area contributed by atoms with Gasteiger partial charge in [0.15, 0.2) is 0 Å². The largest absolute Gasteiger partial charge is 0.351 e. The highest BCUT2D eigenvalue weighted by Crippen LogP contribution is 2.12. The fourth-order valence-electron chi connectivity index (χ4n) is 1.05. The summed E-state index contributed by atoms with van der Waals surface area (Å²) in [6.45, 7) is 1.95. The zero-order chi connectivity index (χ0) is 12.1. The van der Waals surface area contributed by atoms with Crippen molar-refractivity contribution in [1.29, 1.82) is 0 Å². The maximum Gasteiger partial charge on any atom is 0.230 e. The van der Waals surface area contributed by atoms with E-state index in [-0.39, 0.29) is 11.3 Å². The molecule has 1 rings (SSSR count). The van der Waals surface area contributed by atoms with E-state index in [1.54, 1.807) is 4.90 Å². The summed E-state index contributed by atoms with van der Waals surface area (Å²) in [6.07, 6.45) is 5.81. The highest BCUT2D eigenvalue weighted by atomic mass is 35.5. The number of aromatic nitrogens is 3. The number of hydrogen-bond donors (Lipinski definition) is 1. The van der Waals surface area contributed by atoms with E-state index in [1.807, 2.05) is 21.0 Å². The van der Waals surface area contributed by atoms with Gasteiger partial charge >= 0.3 is 0 Å². The van der Waals surface area contributed by atoms with E-state index in [9.17, 15) is 0 Å². The van der Waals surface area contributed by atoms with Crippen LogP contribution in [0.3, 0.4) is 0 Å². The Labute approximate surface area is 100 Å². The van der Waals surface area contributed by atoms with E-state index < -0.39 is 0 Å². The number of nitrogens with one attached hydrogen (secondary N) is 1. The highest BCUT2D eigenvalue weighted by molar-refractivity contribution is 6.28. The van der Waals surface area contributed by atoms with Gasteiger partial charge in [0.2, 0.25) is 17.2 Å². The maximum absolute atomic E-state index is 5.79. The molecule has 0 saturated heterocycles. The molecule has 0 aromatic carbocycles. The molecule has 1 N–H and O–H groups in total. The van der Waals surface area contributed by atoms with Crippen LogP contribution in [0.5, 0.6) is 0 Å². The van der Waals surface area contributed by atoms with Gasteiger partial charge in [-0.05, 0) is 18.5 Å². The SMILES string of the molecule is C#CCC(C)Nc1nc(Cl)nc(N(C)C)n1. The summed E-state index contributed by atoms with van der Waals surface area (Å²) in [5.41, 5.74) is 0. The van der Waals surface area contributed by atoms with E-state index in [0.717, 1.165) is 0 Å². The van der Waals surface area contributed by atoms with Gasteiger partial charge in [-0.2, -0.15) is 15.0 Å². The van der Waals surface area contributed by atoms with Crippen molar-refractivity contribution in [3.8, 4) is 12.3 Å². The van der Waals surface area contributed by atoms with Crippen LogP contribution in [0.4, 0.5) is 11.9 Å². The first-order valence-electron chi connectivity index (χ1n) is 4.82. The predicted octanol–water partition coefficient (Wildman–Crippen LogP) is 1.41.